The maximum absolute atomic E-state index is 4.78. The molecule has 0 saturated carbocycles. The molecule has 3 nitrogen and oxygen atoms in total. The van der Waals surface area contributed by atoms with Crippen LogP contribution in [0.15, 0.2) is 5.38 Å². The number of nitrogens with one attached hydrogen (secondary N) is 1. The Morgan fingerprint density at radius 3 is 2.80 bits per heavy atom. The lowest BCUT2D eigenvalue weighted by atomic mass is 9.93. The van der Waals surface area contributed by atoms with E-state index < -0.39 is 0 Å². The van der Waals surface area contributed by atoms with Gasteiger partial charge in [0.1, 0.15) is 5.01 Å². The molecule has 1 aromatic rings. The first kappa shape index (κ1) is 15.9. The highest BCUT2D eigenvalue weighted by molar-refractivity contribution is 7.09. The molecule has 2 unspecified atom stereocenters. The second kappa shape index (κ2) is 6.54. The van der Waals surface area contributed by atoms with Gasteiger partial charge in [0.2, 0.25) is 0 Å². The summed E-state index contributed by atoms with van der Waals surface area (Å²) >= 11 is 1.78. The van der Waals surface area contributed by atoms with Crippen LogP contribution in [0, 0.1) is 5.92 Å². The van der Waals surface area contributed by atoms with Gasteiger partial charge in [-0.25, -0.2) is 4.98 Å². The number of hydrogen-bond acceptors (Lipinski definition) is 4. The molecule has 1 aromatic heterocycles. The van der Waals surface area contributed by atoms with Crippen LogP contribution in [0.25, 0.3) is 0 Å². The Hall–Kier alpha value is -0.450. The van der Waals surface area contributed by atoms with E-state index in [2.05, 4.69) is 50.2 Å². The van der Waals surface area contributed by atoms with Crippen LogP contribution in [0.3, 0.4) is 0 Å². The fourth-order valence-corrected chi connectivity index (χ4v) is 3.47. The Morgan fingerprint density at radius 1 is 1.40 bits per heavy atom. The minimum atomic E-state index is 0.156. The van der Waals surface area contributed by atoms with Crippen LogP contribution < -0.4 is 5.32 Å². The number of thiazole rings is 1. The van der Waals surface area contributed by atoms with Gasteiger partial charge in [0.05, 0.1) is 5.69 Å². The average Bonchev–Trinajstić information content (AvgIpc) is 2.77. The third kappa shape index (κ3) is 4.83. The van der Waals surface area contributed by atoms with Crippen molar-refractivity contribution < 1.29 is 0 Å². The van der Waals surface area contributed by atoms with Crippen molar-refractivity contribution in [3.05, 3.63) is 16.1 Å². The largest absolute Gasteiger partial charge is 0.306 e. The van der Waals surface area contributed by atoms with Crippen molar-refractivity contribution in [3.8, 4) is 0 Å². The molecule has 1 N–H and O–H groups in total. The van der Waals surface area contributed by atoms with E-state index in [4.69, 9.17) is 4.98 Å². The molecule has 0 radical (unpaired) electrons. The molecule has 0 aliphatic carbocycles. The summed E-state index contributed by atoms with van der Waals surface area (Å²) in [5, 5.41) is 6.93. The Morgan fingerprint density at radius 2 is 2.15 bits per heavy atom. The van der Waals surface area contributed by atoms with E-state index in [0.29, 0.717) is 6.04 Å². The van der Waals surface area contributed by atoms with Gasteiger partial charge in [-0.2, -0.15) is 0 Å². The van der Waals surface area contributed by atoms with E-state index in [1.54, 1.807) is 11.3 Å². The van der Waals surface area contributed by atoms with Gasteiger partial charge in [-0.3, -0.25) is 4.90 Å². The topological polar surface area (TPSA) is 28.2 Å². The summed E-state index contributed by atoms with van der Waals surface area (Å²) in [5.41, 5.74) is 1.39. The quantitative estimate of drug-likeness (QED) is 0.919. The highest BCUT2D eigenvalue weighted by Crippen LogP contribution is 2.24. The fraction of sp³-hybridized carbons (Fsp3) is 0.812. The minimum absolute atomic E-state index is 0.156. The van der Waals surface area contributed by atoms with Crippen molar-refractivity contribution in [2.45, 2.75) is 72.1 Å². The van der Waals surface area contributed by atoms with Crippen molar-refractivity contribution in [3.63, 3.8) is 0 Å². The van der Waals surface area contributed by atoms with Crippen molar-refractivity contribution >= 4 is 11.3 Å². The van der Waals surface area contributed by atoms with E-state index in [0.717, 1.165) is 19.0 Å². The van der Waals surface area contributed by atoms with Gasteiger partial charge in [0.25, 0.3) is 0 Å². The first-order valence-corrected chi connectivity index (χ1v) is 8.64. The maximum Gasteiger partial charge on any atom is 0.107 e. The normalized spacial score (nSPS) is 25.1. The van der Waals surface area contributed by atoms with E-state index in [-0.39, 0.29) is 5.54 Å². The van der Waals surface area contributed by atoms with Crippen molar-refractivity contribution in [2.24, 2.45) is 5.92 Å². The molecule has 1 saturated heterocycles. The number of rotatable bonds is 4. The predicted molar refractivity (Wildman–Crippen MR) is 87.0 cm³/mol. The van der Waals surface area contributed by atoms with E-state index in [1.165, 1.54) is 30.1 Å². The maximum atomic E-state index is 4.78. The zero-order chi connectivity index (χ0) is 14.8. The van der Waals surface area contributed by atoms with Gasteiger partial charge in [0.15, 0.2) is 0 Å². The Labute approximate surface area is 127 Å². The number of piperidine rings is 1. The number of aromatic nitrogens is 1. The van der Waals surface area contributed by atoms with Crippen LogP contribution in [0.5, 0.6) is 0 Å². The van der Waals surface area contributed by atoms with E-state index >= 15 is 0 Å². The molecule has 114 valence electrons. The summed E-state index contributed by atoms with van der Waals surface area (Å²) in [6.45, 7) is 14.4. The standard InChI is InChI=1S/C16H29N3S/c1-12-6-7-19(13(2)8-12)10-14-11-20-15(18-14)9-17-16(3,4)5/h11-13,17H,6-10H2,1-5H3. The Bertz CT molecular complexity index is 422. The molecular formula is C16H29N3S. The predicted octanol–water partition coefficient (Wildman–Crippen LogP) is 3.65. The molecule has 1 aliphatic heterocycles. The SMILES string of the molecule is CC1CCN(Cc2csc(CNC(C)(C)C)n2)C(C)C1. The molecule has 1 aliphatic rings. The molecule has 2 rings (SSSR count). The zero-order valence-electron chi connectivity index (χ0n) is 13.6. The molecule has 1 fully saturated rings. The molecule has 0 bridgehead atoms. The highest BCUT2D eigenvalue weighted by atomic mass is 32.1. The third-order valence-corrected chi connectivity index (χ3v) is 4.91. The van der Waals surface area contributed by atoms with Crippen molar-refractivity contribution in [1.82, 2.24) is 15.2 Å². The molecule has 0 amide bonds. The molecule has 2 atom stereocenters. The lowest BCUT2D eigenvalue weighted by Crippen LogP contribution is -2.39. The Kier molecular flexibility index (Phi) is 5.21. The molecule has 20 heavy (non-hydrogen) atoms. The van der Waals surface area contributed by atoms with Gasteiger partial charge in [-0.1, -0.05) is 6.92 Å². The van der Waals surface area contributed by atoms with Crippen LogP contribution in [-0.4, -0.2) is 28.0 Å². The number of hydrogen-bond donors (Lipinski definition) is 1. The van der Waals surface area contributed by atoms with Gasteiger partial charge >= 0.3 is 0 Å². The highest BCUT2D eigenvalue weighted by Gasteiger charge is 2.23. The van der Waals surface area contributed by atoms with Crippen molar-refractivity contribution in [2.75, 3.05) is 6.54 Å². The van der Waals surface area contributed by atoms with E-state index in [1.807, 2.05) is 0 Å². The first-order chi connectivity index (χ1) is 9.33. The van der Waals surface area contributed by atoms with Crippen LogP contribution in [0.2, 0.25) is 0 Å². The van der Waals surface area contributed by atoms with Crippen molar-refractivity contribution in [1.29, 1.82) is 0 Å². The molecular weight excluding hydrogens is 266 g/mol. The minimum Gasteiger partial charge on any atom is -0.306 e. The van der Waals surface area contributed by atoms with Crippen LogP contribution in [-0.2, 0) is 13.1 Å². The van der Waals surface area contributed by atoms with Gasteiger partial charge in [-0.05, 0) is 53.0 Å². The fourth-order valence-electron chi connectivity index (χ4n) is 2.74. The summed E-state index contributed by atoms with van der Waals surface area (Å²) in [4.78, 5) is 7.35. The molecule has 0 spiro atoms. The first-order valence-electron chi connectivity index (χ1n) is 7.76. The average molecular weight is 295 g/mol. The van der Waals surface area contributed by atoms with Gasteiger partial charge in [0, 0.05) is 30.1 Å². The zero-order valence-corrected chi connectivity index (χ0v) is 14.4. The summed E-state index contributed by atoms with van der Waals surface area (Å²) in [7, 11) is 0. The van der Waals surface area contributed by atoms with Gasteiger partial charge < -0.3 is 5.32 Å². The van der Waals surface area contributed by atoms with Gasteiger partial charge in [-0.15, -0.1) is 11.3 Å². The third-order valence-electron chi connectivity index (χ3n) is 4.01. The summed E-state index contributed by atoms with van der Waals surface area (Å²) < 4.78 is 0. The second-order valence-electron chi connectivity index (χ2n) is 7.29. The van der Waals surface area contributed by atoms with Crippen LogP contribution >= 0.6 is 11.3 Å². The summed E-state index contributed by atoms with van der Waals surface area (Å²) in [6, 6.07) is 0.691. The smallest absolute Gasteiger partial charge is 0.107 e. The molecule has 0 aromatic carbocycles. The number of nitrogens with zero attached hydrogens (tertiary/aromatic N) is 2. The lowest BCUT2D eigenvalue weighted by Gasteiger charge is -2.36. The second-order valence-corrected chi connectivity index (χ2v) is 8.23. The molecule has 2 heterocycles. The van der Waals surface area contributed by atoms with Crippen LogP contribution in [0.4, 0.5) is 0 Å². The summed E-state index contributed by atoms with van der Waals surface area (Å²) in [6.07, 6.45) is 2.65. The number of likely N-dealkylation sites (tertiary alicyclic amines) is 1. The summed E-state index contributed by atoms with van der Waals surface area (Å²) in [5.74, 6) is 0.878. The van der Waals surface area contributed by atoms with E-state index in [9.17, 15) is 0 Å². The monoisotopic (exact) mass is 295 g/mol. The lowest BCUT2D eigenvalue weighted by molar-refractivity contribution is 0.121. The molecule has 4 heteroatoms. The Balaban J connectivity index is 1.86. The van der Waals surface area contributed by atoms with Crippen LogP contribution in [0.1, 0.15) is 58.2 Å².